The van der Waals surface area contributed by atoms with Crippen molar-refractivity contribution in [3.8, 4) is 5.75 Å². The summed E-state index contributed by atoms with van der Waals surface area (Å²) in [6.45, 7) is 0. The molecule has 0 aliphatic rings. The van der Waals surface area contributed by atoms with Crippen molar-refractivity contribution in [1.29, 1.82) is 0 Å². The lowest BCUT2D eigenvalue weighted by molar-refractivity contribution is -0.384. The summed E-state index contributed by atoms with van der Waals surface area (Å²) < 4.78 is 31.5. The number of nitro groups is 1. The number of carbonyl (C=O) groups is 1. The highest BCUT2D eigenvalue weighted by Crippen LogP contribution is 2.31. The number of fused-ring (bicyclic) bond motifs is 1. The molecule has 0 aliphatic heterocycles. The van der Waals surface area contributed by atoms with Crippen LogP contribution >= 0.6 is 0 Å². The molecule has 3 aromatic rings. The van der Waals surface area contributed by atoms with Crippen LogP contribution in [-0.4, -0.2) is 28.9 Å². The van der Waals surface area contributed by atoms with Gasteiger partial charge in [-0.3, -0.25) is 19.5 Å². The molecule has 3 aromatic carbocycles. The van der Waals surface area contributed by atoms with E-state index in [1.165, 1.54) is 48.5 Å². The lowest BCUT2D eigenvalue weighted by atomic mass is 10.1. The number of rotatable bonds is 4. The van der Waals surface area contributed by atoms with Gasteiger partial charge in [0.25, 0.3) is 21.7 Å². The SMILES string of the molecule is O=C(Nc1ccc2cc(S(=O)(=O)O)cc(O)c2c1)c1ccc([N+](=O)[O-])cc1. The number of benzene rings is 3. The monoisotopic (exact) mass is 388 g/mol. The third kappa shape index (κ3) is 3.86. The van der Waals surface area contributed by atoms with Gasteiger partial charge in [-0.2, -0.15) is 8.42 Å². The summed E-state index contributed by atoms with van der Waals surface area (Å²) >= 11 is 0. The van der Waals surface area contributed by atoms with Gasteiger partial charge in [-0.15, -0.1) is 0 Å². The number of amides is 1. The summed E-state index contributed by atoms with van der Waals surface area (Å²) in [4.78, 5) is 21.9. The van der Waals surface area contributed by atoms with Gasteiger partial charge in [0, 0.05) is 34.8 Å². The number of phenols is 1. The first-order valence-corrected chi connectivity index (χ1v) is 8.89. The fraction of sp³-hybridized carbons (Fsp3) is 0. The molecule has 3 N–H and O–H groups in total. The number of anilines is 1. The molecule has 3 rings (SSSR count). The second-order valence-corrected chi connectivity index (χ2v) is 7.03. The summed E-state index contributed by atoms with van der Waals surface area (Å²) in [5.41, 5.74) is 0.379. The Bertz CT molecular complexity index is 1170. The van der Waals surface area contributed by atoms with Gasteiger partial charge in [0.05, 0.1) is 9.82 Å². The molecule has 0 saturated carbocycles. The molecule has 27 heavy (non-hydrogen) atoms. The molecular formula is C17H12N2O7S. The molecule has 0 atom stereocenters. The van der Waals surface area contributed by atoms with Crippen molar-refractivity contribution < 1.29 is 27.8 Å². The minimum atomic E-state index is -4.47. The second-order valence-electron chi connectivity index (χ2n) is 5.61. The summed E-state index contributed by atoms with van der Waals surface area (Å²) in [6.07, 6.45) is 0. The van der Waals surface area contributed by atoms with E-state index in [9.17, 15) is 28.4 Å². The van der Waals surface area contributed by atoms with Crippen molar-refractivity contribution >= 4 is 38.2 Å². The van der Waals surface area contributed by atoms with Crippen molar-refractivity contribution in [3.05, 3.63) is 70.3 Å². The van der Waals surface area contributed by atoms with Gasteiger partial charge in [0.15, 0.2) is 0 Å². The first-order chi connectivity index (χ1) is 12.6. The predicted octanol–water partition coefficient (Wildman–Crippen LogP) is 2.95. The Kier molecular flexibility index (Phi) is 4.52. The number of nitrogens with zero attached hydrogens (tertiary/aromatic N) is 1. The van der Waals surface area contributed by atoms with E-state index in [-0.39, 0.29) is 22.4 Å². The smallest absolute Gasteiger partial charge is 0.294 e. The fourth-order valence-electron chi connectivity index (χ4n) is 2.48. The third-order valence-corrected chi connectivity index (χ3v) is 4.63. The number of nitrogens with one attached hydrogen (secondary N) is 1. The second kappa shape index (κ2) is 6.67. The molecule has 0 bridgehead atoms. The third-order valence-electron chi connectivity index (χ3n) is 3.80. The summed E-state index contributed by atoms with van der Waals surface area (Å²) in [6, 6.07) is 11.5. The normalized spacial score (nSPS) is 11.3. The molecule has 0 aromatic heterocycles. The van der Waals surface area contributed by atoms with E-state index < -0.39 is 25.8 Å². The van der Waals surface area contributed by atoms with Crippen molar-refractivity contribution in [2.75, 3.05) is 5.32 Å². The maximum Gasteiger partial charge on any atom is 0.294 e. The van der Waals surface area contributed by atoms with Crippen LogP contribution in [0.2, 0.25) is 0 Å². The highest BCUT2D eigenvalue weighted by Gasteiger charge is 2.14. The van der Waals surface area contributed by atoms with Gasteiger partial charge in [0.1, 0.15) is 5.75 Å². The molecule has 0 unspecified atom stereocenters. The molecule has 138 valence electrons. The first-order valence-electron chi connectivity index (χ1n) is 7.45. The minimum absolute atomic E-state index is 0.142. The number of hydrogen-bond donors (Lipinski definition) is 3. The highest BCUT2D eigenvalue weighted by atomic mass is 32.2. The molecular weight excluding hydrogens is 376 g/mol. The average Bonchev–Trinajstić information content (AvgIpc) is 2.61. The van der Waals surface area contributed by atoms with E-state index in [0.29, 0.717) is 11.1 Å². The molecule has 0 spiro atoms. The summed E-state index contributed by atoms with van der Waals surface area (Å²) in [5, 5.41) is 23.9. The number of non-ortho nitro benzene ring substituents is 1. The van der Waals surface area contributed by atoms with Crippen molar-refractivity contribution in [1.82, 2.24) is 0 Å². The maximum absolute atomic E-state index is 12.2. The highest BCUT2D eigenvalue weighted by molar-refractivity contribution is 7.85. The number of phenolic OH excluding ortho intramolecular Hbond substituents is 1. The zero-order chi connectivity index (χ0) is 19.8. The lowest BCUT2D eigenvalue weighted by Crippen LogP contribution is -2.11. The standard InChI is InChI=1S/C17H12N2O7S/c20-16-9-14(27(24,25)26)7-11-1-4-12(8-15(11)16)18-17(21)10-2-5-13(6-3-10)19(22)23/h1-9,20H,(H,18,21)(H,24,25,26). The van der Waals surface area contributed by atoms with Crippen molar-refractivity contribution in [2.45, 2.75) is 4.90 Å². The van der Waals surface area contributed by atoms with E-state index in [2.05, 4.69) is 5.32 Å². The Hall–Kier alpha value is -3.50. The summed E-state index contributed by atoms with van der Waals surface area (Å²) in [7, 11) is -4.47. The van der Waals surface area contributed by atoms with Crippen LogP contribution in [0.1, 0.15) is 10.4 Å². The van der Waals surface area contributed by atoms with Crippen LogP contribution < -0.4 is 5.32 Å². The van der Waals surface area contributed by atoms with E-state index in [0.717, 1.165) is 6.07 Å². The van der Waals surface area contributed by atoms with Crippen LogP contribution in [-0.2, 0) is 10.1 Å². The van der Waals surface area contributed by atoms with Crippen molar-refractivity contribution in [2.24, 2.45) is 0 Å². The van der Waals surface area contributed by atoms with Crippen LogP contribution in [0, 0.1) is 10.1 Å². The van der Waals surface area contributed by atoms with Crippen LogP contribution in [0.4, 0.5) is 11.4 Å². The van der Waals surface area contributed by atoms with Gasteiger partial charge in [0.2, 0.25) is 0 Å². The summed E-state index contributed by atoms with van der Waals surface area (Å²) in [5.74, 6) is -0.898. The zero-order valence-corrected chi connectivity index (χ0v) is 14.3. The van der Waals surface area contributed by atoms with Gasteiger partial charge >= 0.3 is 0 Å². The first kappa shape index (κ1) is 18.3. The molecule has 0 saturated heterocycles. The maximum atomic E-state index is 12.2. The Labute approximate surface area is 152 Å². The fourth-order valence-corrected chi connectivity index (χ4v) is 3.01. The van der Waals surface area contributed by atoms with Gasteiger partial charge in [-0.25, -0.2) is 0 Å². The number of nitro benzene ring substituents is 1. The number of carbonyl (C=O) groups excluding carboxylic acids is 1. The predicted molar refractivity (Wildman–Crippen MR) is 96.5 cm³/mol. The molecule has 0 heterocycles. The van der Waals surface area contributed by atoms with E-state index in [4.69, 9.17) is 4.55 Å². The molecule has 1 amide bonds. The van der Waals surface area contributed by atoms with E-state index in [1.54, 1.807) is 0 Å². The van der Waals surface area contributed by atoms with Gasteiger partial charge < -0.3 is 10.4 Å². The number of hydrogen-bond acceptors (Lipinski definition) is 6. The van der Waals surface area contributed by atoms with Crippen LogP contribution in [0.3, 0.4) is 0 Å². The Morgan fingerprint density at radius 2 is 1.70 bits per heavy atom. The molecule has 10 heteroatoms. The molecule has 0 aliphatic carbocycles. The largest absolute Gasteiger partial charge is 0.507 e. The van der Waals surface area contributed by atoms with Gasteiger partial charge in [-0.1, -0.05) is 6.07 Å². The molecule has 9 nitrogen and oxygen atoms in total. The zero-order valence-electron chi connectivity index (χ0n) is 13.5. The average molecular weight is 388 g/mol. The van der Waals surface area contributed by atoms with E-state index >= 15 is 0 Å². The quantitative estimate of drug-likeness (QED) is 0.354. The molecule has 0 radical (unpaired) electrons. The lowest BCUT2D eigenvalue weighted by Gasteiger charge is -2.09. The Morgan fingerprint density at radius 3 is 2.30 bits per heavy atom. The van der Waals surface area contributed by atoms with Crippen LogP contribution in [0.5, 0.6) is 5.75 Å². The molecule has 0 fully saturated rings. The Balaban J connectivity index is 1.90. The number of aromatic hydroxyl groups is 1. The van der Waals surface area contributed by atoms with E-state index in [1.807, 2.05) is 0 Å². The van der Waals surface area contributed by atoms with Crippen LogP contribution in [0.25, 0.3) is 10.8 Å². The van der Waals surface area contributed by atoms with Crippen molar-refractivity contribution in [3.63, 3.8) is 0 Å². The van der Waals surface area contributed by atoms with Crippen LogP contribution in [0.15, 0.2) is 59.5 Å². The van der Waals surface area contributed by atoms with Gasteiger partial charge in [-0.05, 0) is 35.7 Å². The topological polar surface area (TPSA) is 147 Å². The Morgan fingerprint density at radius 1 is 1.04 bits per heavy atom. The minimum Gasteiger partial charge on any atom is -0.507 e.